The van der Waals surface area contributed by atoms with Crippen molar-refractivity contribution in [3.63, 3.8) is 0 Å². The normalized spacial score (nSPS) is 22.8. The third-order valence-corrected chi connectivity index (χ3v) is 3.72. The number of carbonyl (C=O) groups is 1. The molecule has 1 amide bonds. The molecule has 4 N–H and O–H groups in total. The van der Waals surface area contributed by atoms with Crippen LogP contribution >= 0.6 is 0 Å². The van der Waals surface area contributed by atoms with Gasteiger partial charge in [0.1, 0.15) is 0 Å². The summed E-state index contributed by atoms with van der Waals surface area (Å²) in [6, 6.07) is 6.06. The first kappa shape index (κ1) is 14.4. The molecular formula is C15H22N4O. The zero-order valence-corrected chi connectivity index (χ0v) is 12.3. The molecule has 5 heteroatoms. The number of nitrogens with two attached hydrogens (primary N) is 1. The van der Waals surface area contributed by atoms with Gasteiger partial charge in [-0.15, -0.1) is 0 Å². The minimum atomic E-state index is -0.271. The number of hydrogen-bond acceptors (Lipinski definition) is 2. The molecule has 0 radical (unpaired) electrons. The molecule has 20 heavy (non-hydrogen) atoms. The van der Waals surface area contributed by atoms with Crippen molar-refractivity contribution in [2.75, 3.05) is 11.9 Å². The van der Waals surface area contributed by atoms with E-state index >= 15 is 0 Å². The van der Waals surface area contributed by atoms with Gasteiger partial charge in [-0.1, -0.05) is 6.07 Å². The van der Waals surface area contributed by atoms with Gasteiger partial charge >= 0.3 is 0 Å². The summed E-state index contributed by atoms with van der Waals surface area (Å²) in [6.07, 6.45) is 1.36. The first-order valence-corrected chi connectivity index (χ1v) is 6.83. The van der Waals surface area contributed by atoms with Crippen molar-refractivity contribution in [3.05, 3.63) is 29.3 Å². The van der Waals surface area contributed by atoms with Crippen LogP contribution < -0.4 is 16.4 Å². The lowest BCUT2D eigenvalue weighted by Crippen LogP contribution is -2.42. The summed E-state index contributed by atoms with van der Waals surface area (Å²) in [6.45, 7) is 6.61. The maximum absolute atomic E-state index is 11.3. The molecular weight excluding hydrogens is 252 g/mol. The number of rotatable bonds is 3. The van der Waals surface area contributed by atoms with Gasteiger partial charge in [0, 0.05) is 12.1 Å². The predicted octanol–water partition coefficient (Wildman–Crippen LogP) is 1.70. The van der Waals surface area contributed by atoms with Crippen molar-refractivity contribution in [1.29, 1.82) is 0 Å². The van der Waals surface area contributed by atoms with Crippen LogP contribution in [-0.2, 0) is 4.79 Å². The molecule has 1 aromatic carbocycles. The summed E-state index contributed by atoms with van der Waals surface area (Å²) >= 11 is 0. The molecule has 1 heterocycles. The topological polar surface area (TPSA) is 79.5 Å². The number of carbonyl (C=O) groups excluding carboxylic acids is 1. The zero-order chi connectivity index (χ0) is 14.8. The fourth-order valence-corrected chi connectivity index (χ4v) is 2.24. The van der Waals surface area contributed by atoms with Gasteiger partial charge in [0.25, 0.3) is 0 Å². The van der Waals surface area contributed by atoms with Gasteiger partial charge in [-0.2, -0.15) is 0 Å². The summed E-state index contributed by atoms with van der Waals surface area (Å²) in [5.74, 6) is 0.457. The number of benzene rings is 1. The highest BCUT2D eigenvalue weighted by Crippen LogP contribution is 2.19. The second kappa shape index (κ2) is 5.53. The Hall–Kier alpha value is -2.04. The molecule has 1 aliphatic rings. The van der Waals surface area contributed by atoms with Crippen molar-refractivity contribution in [3.8, 4) is 0 Å². The molecule has 108 valence electrons. The minimum Gasteiger partial charge on any atom is -0.370 e. The minimum absolute atomic E-state index is 0.0865. The van der Waals surface area contributed by atoms with Crippen molar-refractivity contribution >= 4 is 17.6 Å². The Morgan fingerprint density at radius 2 is 2.20 bits per heavy atom. The van der Waals surface area contributed by atoms with E-state index in [9.17, 15) is 4.79 Å². The Morgan fingerprint density at radius 3 is 2.80 bits per heavy atom. The largest absolute Gasteiger partial charge is 0.370 e. The molecule has 1 unspecified atom stereocenters. The predicted molar refractivity (Wildman–Crippen MR) is 81.8 cm³/mol. The molecule has 1 fully saturated rings. The molecule has 5 nitrogen and oxygen atoms in total. The average molecular weight is 274 g/mol. The molecule has 1 aromatic rings. The van der Waals surface area contributed by atoms with Crippen molar-refractivity contribution < 1.29 is 4.79 Å². The lowest BCUT2D eigenvalue weighted by Gasteiger charge is -2.21. The molecule has 2 rings (SSSR count). The third-order valence-electron chi connectivity index (χ3n) is 3.72. The Bertz CT molecular complexity index is 553. The average Bonchev–Trinajstić information content (AvgIpc) is 2.72. The van der Waals surface area contributed by atoms with Gasteiger partial charge in [0.2, 0.25) is 5.91 Å². The lowest BCUT2D eigenvalue weighted by atomic mass is 10.0. The first-order chi connectivity index (χ1) is 9.38. The van der Waals surface area contributed by atoms with Crippen LogP contribution in [0.25, 0.3) is 0 Å². The van der Waals surface area contributed by atoms with Gasteiger partial charge in [-0.25, -0.2) is 0 Å². The van der Waals surface area contributed by atoms with Crippen LogP contribution in [-0.4, -0.2) is 24.0 Å². The highest BCUT2D eigenvalue weighted by molar-refractivity contribution is 5.92. The Labute approximate surface area is 119 Å². The van der Waals surface area contributed by atoms with Crippen molar-refractivity contribution in [2.45, 2.75) is 39.2 Å². The van der Waals surface area contributed by atoms with E-state index in [-0.39, 0.29) is 11.4 Å². The van der Waals surface area contributed by atoms with Gasteiger partial charge < -0.3 is 16.4 Å². The molecule has 1 aliphatic heterocycles. The van der Waals surface area contributed by atoms with E-state index in [1.165, 1.54) is 11.1 Å². The van der Waals surface area contributed by atoms with E-state index in [4.69, 9.17) is 5.73 Å². The SMILES string of the molecule is Cc1ccc(NC(N)=NCC2(C)CCC(=O)N2)cc1C. The second-order valence-electron chi connectivity index (χ2n) is 5.73. The molecule has 0 saturated carbocycles. The van der Waals surface area contributed by atoms with Gasteiger partial charge in [-0.05, 0) is 50.5 Å². The highest BCUT2D eigenvalue weighted by atomic mass is 16.2. The summed E-state index contributed by atoms with van der Waals surface area (Å²) in [5, 5.41) is 6.01. The van der Waals surface area contributed by atoms with Crippen LogP contribution in [0.4, 0.5) is 5.69 Å². The summed E-state index contributed by atoms with van der Waals surface area (Å²) in [5.41, 5.74) is 9.00. The molecule has 1 atom stereocenters. The molecule has 0 aliphatic carbocycles. The van der Waals surface area contributed by atoms with E-state index in [1.54, 1.807) is 0 Å². The first-order valence-electron chi connectivity index (χ1n) is 6.83. The van der Waals surface area contributed by atoms with Gasteiger partial charge in [-0.3, -0.25) is 9.79 Å². The number of anilines is 1. The molecule has 0 bridgehead atoms. The maximum atomic E-state index is 11.3. The van der Waals surface area contributed by atoms with Crippen LogP contribution in [0.1, 0.15) is 30.9 Å². The summed E-state index contributed by atoms with van der Waals surface area (Å²) in [7, 11) is 0. The number of amides is 1. The number of guanidine groups is 1. The Kier molecular flexibility index (Phi) is 3.97. The van der Waals surface area contributed by atoms with Crippen LogP contribution in [0.3, 0.4) is 0 Å². The van der Waals surface area contributed by atoms with Crippen molar-refractivity contribution in [1.82, 2.24) is 5.32 Å². The summed E-state index contributed by atoms with van der Waals surface area (Å²) in [4.78, 5) is 15.6. The number of nitrogens with one attached hydrogen (secondary N) is 2. The van der Waals surface area contributed by atoms with E-state index in [0.717, 1.165) is 12.1 Å². The molecule has 0 spiro atoms. The zero-order valence-electron chi connectivity index (χ0n) is 12.3. The van der Waals surface area contributed by atoms with E-state index < -0.39 is 0 Å². The number of aliphatic imine (C=N–C) groups is 1. The summed E-state index contributed by atoms with van der Waals surface area (Å²) < 4.78 is 0. The highest BCUT2D eigenvalue weighted by Gasteiger charge is 2.32. The standard InChI is InChI=1S/C15H22N4O/c1-10-4-5-12(8-11(10)2)18-14(16)17-9-15(3)7-6-13(20)19-15/h4-5,8H,6-7,9H2,1-3H3,(H,19,20)(H3,16,17,18). The Balaban J connectivity index is 1.97. The smallest absolute Gasteiger partial charge is 0.220 e. The molecule has 1 saturated heterocycles. The van der Waals surface area contributed by atoms with E-state index in [2.05, 4.69) is 29.5 Å². The van der Waals surface area contributed by atoms with Crippen LogP contribution in [0.5, 0.6) is 0 Å². The number of aryl methyl sites for hydroxylation is 2. The third kappa shape index (κ3) is 3.50. The second-order valence-corrected chi connectivity index (χ2v) is 5.73. The quantitative estimate of drug-likeness (QED) is 0.580. The van der Waals surface area contributed by atoms with Crippen LogP contribution in [0, 0.1) is 13.8 Å². The Morgan fingerprint density at radius 1 is 1.45 bits per heavy atom. The maximum Gasteiger partial charge on any atom is 0.220 e. The fraction of sp³-hybridized carbons (Fsp3) is 0.467. The lowest BCUT2D eigenvalue weighted by molar-refractivity contribution is -0.119. The van der Waals surface area contributed by atoms with Crippen LogP contribution in [0.2, 0.25) is 0 Å². The van der Waals surface area contributed by atoms with E-state index in [1.807, 2.05) is 25.1 Å². The van der Waals surface area contributed by atoms with Gasteiger partial charge in [0.15, 0.2) is 5.96 Å². The fourth-order valence-electron chi connectivity index (χ4n) is 2.24. The molecule has 0 aromatic heterocycles. The van der Waals surface area contributed by atoms with Crippen LogP contribution in [0.15, 0.2) is 23.2 Å². The monoisotopic (exact) mass is 274 g/mol. The number of hydrogen-bond donors (Lipinski definition) is 3. The van der Waals surface area contributed by atoms with E-state index in [0.29, 0.717) is 18.9 Å². The van der Waals surface area contributed by atoms with Gasteiger partial charge in [0.05, 0.1) is 12.1 Å². The number of nitrogens with zero attached hydrogens (tertiary/aromatic N) is 1. The van der Waals surface area contributed by atoms with Crippen molar-refractivity contribution in [2.24, 2.45) is 10.7 Å².